The van der Waals surface area contributed by atoms with Gasteiger partial charge in [-0.15, -0.1) is 0 Å². The lowest BCUT2D eigenvalue weighted by Crippen LogP contribution is -2.40. The summed E-state index contributed by atoms with van der Waals surface area (Å²) in [4.78, 5) is 12.7. The molecule has 1 aromatic carbocycles. The van der Waals surface area contributed by atoms with E-state index in [4.69, 9.17) is 10.5 Å². The van der Waals surface area contributed by atoms with Gasteiger partial charge in [-0.05, 0) is 32.9 Å². The molecule has 0 saturated heterocycles. The maximum atomic E-state index is 14.4. The van der Waals surface area contributed by atoms with Crippen LogP contribution in [0.4, 0.5) is 19.4 Å². The van der Waals surface area contributed by atoms with Crippen LogP contribution in [0.5, 0.6) is 0 Å². The van der Waals surface area contributed by atoms with Crippen molar-refractivity contribution in [1.82, 2.24) is 14.7 Å². The van der Waals surface area contributed by atoms with Crippen LogP contribution < -0.4 is 5.73 Å². The van der Waals surface area contributed by atoms with E-state index >= 15 is 0 Å². The fourth-order valence-electron chi connectivity index (χ4n) is 2.13. The van der Waals surface area contributed by atoms with Crippen LogP contribution in [0.1, 0.15) is 26.3 Å². The van der Waals surface area contributed by atoms with Crippen molar-refractivity contribution in [2.75, 3.05) is 19.3 Å². The minimum Gasteiger partial charge on any atom is -0.444 e. The Balaban J connectivity index is 2.09. The number of nitrogen functional groups attached to an aromatic ring is 1. The molecule has 0 atom stereocenters. The summed E-state index contributed by atoms with van der Waals surface area (Å²) in [6.07, 6.45) is 0.842. The van der Waals surface area contributed by atoms with Crippen LogP contribution in [-0.4, -0.2) is 40.0 Å². The van der Waals surface area contributed by atoms with Crippen molar-refractivity contribution in [3.05, 3.63) is 42.1 Å². The number of aromatic nitrogens is 2. The quantitative estimate of drug-likeness (QED) is 0.915. The van der Waals surface area contributed by atoms with Crippen molar-refractivity contribution >= 4 is 11.9 Å². The second-order valence-electron chi connectivity index (χ2n) is 6.77. The zero-order chi connectivity index (χ0) is 18.8. The first-order chi connectivity index (χ1) is 11.5. The van der Waals surface area contributed by atoms with E-state index in [1.54, 1.807) is 33.0 Å². The van der Waals surface area contributed by atoms with Crippen molar-refractivity contribution < 1.29 is 18.3 Å². The van der Waals surface area contributed by atoms with Gasteiger partial charge in [-0.2, -0.15) is 13.9 Å². The van der Waals surface area contributed by atoms with E-state index in [2.05, 4.69) is 5.10 Å². The van der Waals surface area contributed by atoms with Crippen LogP contribution in [0.25, 0.3) is 5.69 Å². The van der Waals surface area contributed by atoms with Gasteiger partial charge in [-0.25, -0.2) is 9.48 Å². The van der Waals surface area contributed by atoms with E-state index in [-0.39, 0.29) is 5.56 Å². The number of likely N-dealkylation sites (N-methyl/N-ethyl adjacent to an activating group) is 1. The van der Waals surface area contributed by atoms with Crippen molar-refractivity contribution in [2.45, 2.75) is 32.3 Å². The highest BCUT2D eigenvalue weighted by Gasteiger charge is 2.35. The molecule has 1 amide bonds. The van der Waals surface area contributed by atoms with Gasteiger partial charge in [-0.1, -0.05) is 12.1 Å². The minimum atomic E-state index is -3.21. The number of nitrogens with two attached hydrogens (primary N) is 1. The van der Waals surface area contributed by atoms with Crippen LogP contribution in [0.3, 0.4) is 0 Å². The molecule has 136 valence electrons. The Morgan fingerprint density at radius 3 is 2.32 bits per heavy atom. The fraction of sp³-hybridized carbons (Fsp3) is 0.412. The standard InChI is InChI=1S/C17H22F2N4O2/c1-16(2,3)25-15(24)22(4)11-17(18,19)12-5-7-13(8-6-12)23-10-9-14(20)21-23/h5-10H,11H2,1-4H3,(H2,20,21). The molecule has 25 heavy (non-hydrogen) atoms. The predicted molar refractivity (Wildman–Crippen MR) is 90.7 cm³/mol. The molecule has 0 spiro atoms. The van der Waals surface area contributed by atoms with Gasteiger partial charge in [0, 0.05) is 24.9 Å². The zero-order valence-electron chi connectivity index (χ0n) is 14.7. The van der Waals surface area contributed by atoms with Gasteiger partial charge in [0.05, 0.1) is 12.2 Å². The lowest BCUT2D eigenvalue weighted by atomic mass is 10.1. The number of amides is 1. The van der Waals surface area contributed by atoms with Crippen molar-refractivity contribution in [3.63, 3.8) is 0 Å². The molecule has 2 N–H and O–H groups in total. The molecule has 1 heterocycles. The summed E-state index contributed by atoms with van der Waals surface area (Å²) in [5, 5.41) is 4.02. The molecule has 0 fully saturated rings. The van der Waals surface area contributed by atoms with Gasteiger partial charge in [0.1, 0.15) is 11.4 Å². The van der Waals surface area contributed by atoms with Crippen molar-refractivity contribution in [2.24, 2.45) is 0 Å². The Labute approximate surface area is 145 Å². The molecule has 2 aromatic rings. The maximum Gasteiger partial charge on any atom is 0.410 e. The molecular weight excluding hydrogens is 330 g/mol. The summed E-state index contributed by atoms with van der Waals surface area (Å²) in [5.41, 5.74) is 5.20. The number of nitrogens with zero attached hydrogens (tertiary/aromatic N) is 3. The van der Waals surface area contributed by atoms with E-state index in [1.807, 2.05) is 0 Å². The van der Waals surface area contributed by atoms with Crippen LogP contribution in [-0.2, 0) is 10.7 Å². The summed E-state index contributed by atoms with van der Waals surface area (Å²) in [6, 6.07) is 7.25. The van der Waals surface area contributed by atoms with Crippen LogP contribution in [0.15, 0.2) is 36.5 Å². The molecule has 1 aromatic heterocycles. The smallest absolute Gasteiger partial charge is 0.410 e. The molecule has 8 heteroatoms. The highest BCUT2D eigenvalue weighted by Crippen LogP contribution is 2.30. The molecule has 0 aliphatic rings. The average molecular weight is 352 g/mol. The Bertz CT molecular complexity index is 736. The first-order valence-electron chi connectivity index (χ1n) is 7.72. The Hall–Kier alpha value is -2.64. The summed E-state index contributed by atoms with van der Waals surface area (Å²) in [5.74, 6) is -2.87. The normalized spacial score (nSPS) is 12.1. The summed E-state index contributed by atoms with van der Waals surface area (Å²) in [7, 11) is 1.28. The van der Waals surface area contributed by atoms with E-state index in [0.717, 1.165) is 4.90 Å². The van der Waals surface area contributed by atoms with Gasteiger partial charge in [0.25, 0.3) is 5.92 Å². The third kappa shape index (κ3) is 4.91. The Morgan fingerprint density at radius 1 is 1.24 bits per heavy atom. The number of ether oxygens (including phenoxy) is 1. The fourth-order valence-corrected chi connectivity index (χ4v) is 2.13. The third-order valence-electron chi connectivity index (χ3n) is 3.30. The molecule has 6 nitrogen and oxygen atoms in total. The van der Waals surface area contributed by atoms with Gasteiger partial charge < -0.3 is 15.4 Å². The summed E-state index contributed by atoms with van der Waals surface area (Å²) >= 11 is 0. The predicted octanol–water partition coefficient (Wildman–Crippen LogP) is 3.41. The first kappa shape index (κ1) is 18.7. The minimum absolute atomic E-state index is 0.202. The van der Waals surface area contributed by atoms with Gasteiger partial charge in [0.2, 0.25) is 0 Å². The SMILES string of the molecule is CN(CC(F)(F)c1ccc(-n2ccc(N)n2)cc1)C(=O)OC(C)(C)C. The number of carbonyl (C=O) groups excluding carboxylic acids is 1. The largest absolute Gasteiger partial charge is 0.444 e. The maximum absolute atomic E-state index is 14.4. The number of hydrogen-bond donors (Lipinski definition) is 1. The topological polar surface area (TPSA) is 73.4 Å². The summed E-state index contributed by atoms with van der Waals surface area (Å²) < 4.78 is 35.5. The number of benzene rings is 1. The highest BCUT2D eigenvalue weighted by molar-refractivity contribution is 5.67. The first-order valence-corrected chi connectivity index (χ1v) is 7.72. The van der Waals surface area contributed by atoms with E-state index in [0.29, 0.717) is 11.5 Å². The number of hydrogen-bond acceptors (Lipinski definition) is 4. The molecule has 0 bridgehead atoms. The van der Waals surface area contributed by atoms with Crippen molar-refractivity contribution in [3.8, 4) is 5.69 Å². The third-order valence-corrected chi connectivity index (χ3v) is 3.30. The van der Waals surface area contributed by atoms with Crippen LogP contribution in [0, 0.1) is 0 Å². The van der Waals surface area contributed by atoms with E-state index in [9.17, 15) is 13.6 Å². The van der Waals surface area contributed by atoms with Crippen LogP contribution in [0.2, 0.25) is 0 Å². The molecular formula is C17H22F2N4O2. The monoisotopic (exact) mass is 352 g/mol. The molecule has 0 aliphatic carbocycles. The Kier molecular flexibility index (Phi) is 5.01. The highest BCUT2D eigenvalue weighted by atomic mass is 19.3. The lowest BCUT2D eigenvalue weighted by molar-refractivity contribution is -0.0410. The zero-order valence-corrected chi connectivity index (χ0v) is 14.7. The Morgan fingerprint density at radius 2 is 1.84 bits per heavy atom. The average Bonchev–Trinajstić information content (AvgIpc) is 2.92. The summed E-state index contributed by atoms with van der Waals surface area (Å²) in [6.45, 7) is 4.25. The number of halogens is 2. The second-order valence-corrected chi connectivity index (χ2v) is 6.77. The number of rotatable bonds is 4. The molecule has 0 aliphatic heterocycles. The van der Waals surface area contributed by atoms with Gasteiger partial charge in [0.15, 0.2) is 0 Å². The lowest BCUT2D eigenvalue weighted by Gasteiger charge is -2.27. The van der Waals surface area contributed by atoms with E-state index in [1.165, 1.54) is 36.0 Å². The molecule has 0 saturated carbocycles. The van der Waals surface area contributed by atoms with Gasteiger partial charge in [-0.3, -0.25) is 0 Å². The van der Waals surface area contributed by atoms with Crippen molar-refractivity contribution in [1.29, 1.82) is 0 Å². The van der Waals surface area contributed by atoms with Crippen LogP contribution >= 0.6 is 0 Å². The number of anilines is 1. The number of alkyl halides is 2. The molecule has 0 unspecified atom stereocenters. The van der Waals surface area contributed by atoms with E-state index < -0.39 is 24.2 Å². The number of carbonyl (C=O) groups is 1. The molecule has 2 rings (SSSR count). The second kappa shape index (κ2) is 6.70. The van der Waals surface area contributed by atoms with Gasteiger partial charge >= 0.3 is 6.09 Å². The molecule has 0 radical (unpaired) electrons.